The van der Waals surface area contributed by atoms with Crippen molar-refractivity contribution in [1.29, 1.82) is 0 Å². The number of ether oxygens (including phenoxy) is 1. The molecular weight excluding hydrogens is 321 g/mol. The molecule has 0 saturated carbocycles. The molecule has 0 aliphatic rings. The van der Waals surface area contributed by atoms with Crippen molar-refractivity contribution in [3.05, 3.63) is 63.5 Å². The Morgan fingerprint density at radius 1 is 1.33 bits per heavy atom. The summed E-state index contributed by atoms with van der Waals surface area (Å²) in [6.07, 6.45) is -0.0849. The summed E-state index contributed by atoms with van der Waals surface area (Å²) in [6.45, 7) is 0. The normalized spacial score (nSPS) is 11.8. The first-order chi connectivity index (χ1) is 11.3. The third kappa shape index (κ3) is 3.60. The molecule has 0 saturated heterocycles. The molecule has 0 radical (unpaired) electrons. The van der Waals surface area contributed by atoms with Crippen LogP contribution < -0.4 is 4.74 Å². The third-order valence-corrected chi connectivity index (χ3v) is 3.54. The molecule has 1 unspecified atom stereocenters. The predicted molar refractivity (Wildman–Crippen MR) is 81.8 cm³/mol. The minimum Gasteiger partial charge on any atom is -0.500 e. The molecule has 2 N–H and O–H groups in total. The number of phenols is 1. The Labute approximate surface area is 136 Å². The fourth-order valence-corrected chi connectivity index (χ4v) is 2.34. The predicted octanol–water partition coefficient (Wildman–Crippen LogP) is 2.86. The van der Waals surface area contributed by atoms with Crippen LogP contribution in [-0.2, 0) is 11.2 Å². The monoisotopic (exact) mass is 335 g/mol. The van der Waals surface area contributed by atoms with Crippen LogP contribution in [0.5, 0.6) is 11.5 Å². The maximum atomic E-state index is 13.0. The van der Waals surface area contributed by atoms with Gasteiger partial charge in [0, 0.05) is 6.07 Å². The molecule has 0 fully saturated rings. The lowest BCUT2D eigenvalue weighted by Crippen LogP contribution is -2.14. The summed E-state index contributed by atoms with van der Waals surface area (Å²) >= 11 is 0. The molecule has 0 amide bonds. The SMILES string of the molecule is COc1cc(CC(C(=O)O)c2ccc(F)cc2)cc([N+](=O)[O-])c1O. The number of aliphatic carboxylic acids is 1. The van der Waals surface area contributed by atoms with Crippen LogP contribution in [0.3, 0.4) is 0 Å². The molecule has 7 nitrogen and oxygen atoms in total. The topological polar surface area (TPSA) is 110 Å². The van der Waals surface area contributed by atoms with Crippen molar-refractivity contribution >= 4 is 11.7 Å². The maximum Gasteiger partial charge on any atom is 0.314 e. The number of nitrogens with zero attached hydrogens (tertiary/aromatic N) is 1. The van der Waals surface area contributed by atoms with E-state index in [0.717, 1.165) is 18.2 Å². The first kappa shape index (κ1) is 17.2. The van der Waals surface area contributed by atoms with Crippen molar-refractivity contribution in [3.63, 3.8) is 0 Å². The number of nitro benzene ring substituents is 1. The molecular formula is C16H14FNO6. The Bertz CT molecular complexity index is 775. The second kappa shape index (κ2) is 6.95. The van der Waals surface area contributed by atoms with Gasteiger partial charge in [-0.1, -0.05) is 12.1 Å². The van der Waals surface area contributed by atoms with E-state index in [1.807, 2.05) is 0 Å². The van der Waals surface area contributed by atoms with Crippen LogP contribution in [0.1, 0.15) is 17.0 Å². The number of phenolic OH excluding ortho intramolecular Hbond substituents is 1. The van der Waals surface area contributed by atoms with Gasteiger partial charge in [-0.05, 0) is 35.7 Å². The summed E-state index contributed by atoms with van der Waals surface area (Å²) in [5, 5.41) is 30.2. The minimum absolute atomic E-state index is 0.0849. The second-order valence-corrected chi connectivity index (χ2v) is 5.07. The highest BCUT2D eigenvalue weighted by atomic mass is 19.1. The highest BCUT2D eigenvalue weighted by Gasteiger charge is 2.25. The Morgan fingerprint density at radius 3 is 2.46 bits per heavy atom. The average Bonchev–Trinajstić information content (AvgIpc) is 2.54. The van der Waals surface area contributed by atoms with E-state index < -0.39 is 34.1 Å². The molecule has 2 rings (SSSR count). The number of carboxylic acid groups (broad SMARTS) is 1. The summed E-state index contributed by atoms with van der Waals surface area (Å²) in [6, 6.07) is 7.41. The zero-order valence-corrected chi connectivity index (χ0v) is 12.6. The van der Waals surface area contributed by atoms with Gasteiger partial charge in [0.1, 0.15) is 5.82 Å². The van der Waals surface area contributed by atoms with Gasteiger partial charge < -0.3 is 14.9 Å². The summed E-state index contributed by atoms with van der Waals surface area (Å²) in [4.78, 5) is 21.7. The number of aromatic hydroxyl groups is 1. The van der Waals surface area contributed by atoms with E-state index >= 15 is 0 Å². The van der Waals surface area contributed by atoms with Gasteiger partial charge in [0.05, 0.1) is 18.0 Å². The van der Waals surface area contributed by atoms with Crippen LogP contribution in [0.2, 0.25) is 0 Å². The Hall–Kier alpha value is -3.16. The Kier molecular flexibility index (Phi) is 4.98. The zero-order chi connectivity index (χ0) is 17.9. The molecule has 0 aliphatic carbocycles. The number of halogens is 1. The van der Waals surface area contributed by atoms with E-state index in [9.17, 15) is 29.5 Å². The first-order valence-corrected chi connectivity index (χ1v) is 6.86. The lowest BCUT2D eigenvalue weighted by Gasteiger charge is -2.14. The molecule has 2 aromatic rings. The summed E-state index contributed by atoms with van der Waals surface area (Å²) < 4.78 is 17.9. The van der Waals surface area contributed by atoms with E-state index in [1.54, 1.807) is 0 Å². The van der Waals surface area contributed by atoms with E-state index in [0.29, 0.717) is 11.1 Å². The van der Waals surface area contributed by atoms with Crippen LogP contribution >= 0.6 is 0 Å². The molecule has 0 aromatic heterocycles. The number of nitro groups is 1. The van der Waals surface area contributed by atoms with E-state index in [-0.39, 0.29) is 12.2 Å². The van der Waals surface area contributed by atoms with E-state index in [1.165, 1.54) is 25.3 Å². The first-order valence-electron chi connectivity index (χ1n) is 6.86. The summed E-state index contributed by atoms with van der Waals surface area (Å²) in [5.41, 5.74) is 0.0827. The third-order valence-electron chi connectivity index (χ3n) is 3.54. The molecule has 0 spiro atoms. The maximum absolute atomic E-state index is 13.0. The average molecular weight is 335 g/mol. The highest BCUT2D eigenvalue weighted by Crippen LogP contribution is 2.38. The molecule has 126 valence electrons. The van der Waals surface area contributed by atoms with Crippen molar-refractivity contribution in [1.82, 2.24) is 0 Å². The minimum atomic E-state index is -1.16. The fraction of sp³-hybridized carbons (Fsp3) is 0.188. The van der Waals surface area contributed by atoms with Crippen molar-refractivity contribution in [2.45, 2.75) is 12.3 Å². The smallest absolute Gasteiger partial charge is 0.314 e. The van der Waals surface area contributed by atoms with Crippen molar-refractivity contribution in [2.75, 3.05) is 7.11 Å². The lowest BCUT2D eigenvalue weighted by atomic mass is 9.91. The van der Waals surface area contributed by atoms with Crippen molar-refractivity contribution in [3.8, 4) is 11.5 Å². The molecule has 1 atom stereocenters. The second-order valence-electron chi connectivity index (χ2n) is 5.07. The quantitative estimate of drug-likeness (QED) is 0.620. The van der Waals surface area contributed by atoms with E-state index in [4.69, 9.17) is 4.74 Å². The van der Waals surface area contributed by atoms with E-state index in [2.05, 4.69) is 0 Å². The number of carboxylic acids is 1. The standard InChI is InChI=1S/C16H14FNO6/c1-24-14-8-9(7-13(15(14)19)18(22)23)6-12(16(20)21)10-2-4-11(17)5-3-10/h2-5,7-8,12,19H,6H2,1H3,(H,20,21). The number of hydrogen-bond donors (Lipinski definition) is 2. The molecule has 0 aliphatic heterocycles. The van der Waals surface area contributed by atoms with Gasteiger partial charge in [-0.3, -0.25) is 14.9 Å². The van der Waals surface area contributed by atoms with Gasteiger partial charge in [0.15, 0.2) is 5.75 Å². The molecule has 0 heterocycles. The number of carbonyl (C=O) groups is 1. The largest absolute Gasteiger partial charge is 0.500 e. The molecule has 2 aromatic carbocycles. The van der Waals surface area contributed by atoms with Gasteiger partial charge in [-0.25, -0.2) is 4.39 Å². The summed E-state index contributed by atoms with van der Waals surface area (Å²) in [7, 11) is 1.23. The lowest BCUT2D eigenvalue weighted by molar-refractivity contribution is -0.386. The van der Waals surface area contributed by atoms with Gasteiger partial charge in [-0.15, -0.1) is 0 Å². The fourth-order valence-electron chi connectivity index (χ4n) is 2.34. The highest BCUT2D eigenvalue weighted by molar-refractivity contribution is 5.76. The van der Waals surface area contributed by atoms with Gasteiger partial charge in [0.25, 0.3) is 0 Å². The molecule has 8 heteroatoms. The van der Waals surface area contributed by atoms with Crippen LogP contribution in [0.15, 0.2) is 36.4 Å². The number of benzene rings is 2. The van der Waals surface area contributed by atoms with Gasteiger partial charge >= 0.3 is 11.7 Å². The summed E-state index contributed by atoms with van der Waals surface area (Å²) in [5.74, 6) is -3.43. The van der Waals surface area contributed by atoms with Crippen LogP contribution in [0, 0.1) is 15.9 Å². The Balaban J connectivity index is 2.43. The van der Waals surface area contributed by atoms with Crippen LogP contribution in [0.25, 0.3) is 0 Å². The van der Waals surface area contributed by atoms with Crippen molar-refractivity contribution in [2.24, 2.45) is 0 Å². The van der Waals surface area contributed by atoms with Gasteiger partial charge in [0.2, 0.25) is 5.75 Å². The van der Waals surface area contributed by atoms with Gasteiger partial charge in [-0.2, -0.15) is 0 Å². The number of rotatable bonds is 6. The zero-order valence-electron chi connectivity index (χ0n) is 12.6. The Morgan fingerprint density at radius 2 is 1.96 bits per heavy atom. The van der Waals surface area contributed by atoms with Crippen molar-refractivity contribution < 1.29 is 29.1 Å². The molecule has 24 heavy (non-hydrogen) atoms. The molecule has 0 bridgehead atoms. The van der Waals surface area contributed by atoms with Crippen LogP contribution in [0.4, 0.5) is 10.1 Å². The number of hydrogen-bond acceptors (Lipinski definition) is 5. The van der Waals surface area contributed by atoms with Crippen LogP contribution in [-0.4, -0.2) is 28.2 Å². The number of methoxy groups -OCH3 is 1.